The van der Waals surface area contributed by atoms with Crippen LogP contribution in [0.1, 0.15) is 6.92 Å². The Labute approximate surface area is 82.5 Å². The van der Waals surface area contributed by atoms with E-state index in [4.69, 9.17) is 4.74 Å². The number of nitrogens with one attached hydrogen (secondary N) is 1. The van der Waals surface area contributed by atoms with E-state index in [0.717, 1.165) is 0 Å². The molecule has 14 heavy (non-hydrogen) atoms. The number of rotatable bonds is 4. The number of ether oxygens (including phenoxy) is 1. The number of aromatic hydroxyl groups is 1. The Morgan fingerprint density at radius 1 is 1.50 bits per heavy atom. The molecular weight excluding hydrogens is 182 g/mol. The Hall–Kier alpha value is -1.71. The van der Waals surface area contributed by atoms with E-state index in [1.165, 1.54) is 6.07 Å². The minimum absolute atomic E-state index is 0.0387. The summed E-state index contributed by atoms with van der Waals surface area (Å²) in [6, 6.07) is 6.53. The molecule has 2 N–H and O–H groups in total. The summed E-state index contributed by atoms with van der Waals surface area (Å²) in [6.45, 7) is 2.33. The van der Waals surface area contributed by atoms with Crippen LogP contribution in [0.15, 0.2) is 24.3 Å². The first-order valence-corrected chi connectivity index (χ1v) is 4.41. The minimum atomic E-state index is -0.198. The number of carbonyl (C=O) groups is 1. The van der Waals surface area contributed by atoms with Crippen LogP contribution >= 0.6 is 0 Å². The quantitative estimate of drug-likeness (QED) is 0.750. The maximum absolute atomic E-state index is 11.0. The van der Waals surface area contributed by atoms with Crippen molar-refractivity contribution >= 4 is 5.91 Å². The molecule has 1 aromatic rings. The van der Waals surface area contributed by atoms with E-state index in [2.05, 4.69) is 5.32 Å². The van der Waals surface area contributed by atoms with Gasteiger partial charge in [-0.2, -0.15) is 0 Å². The largest absolute Gasteiger partial charge is 0.504 e. The third-order valence-corrected chi connectivity index (χ3v) is 1.60. The molecule has 0 aliphatic heterocycles. The molecule has 4 heteroatoms. The Balaban J connectivity index is 2.46. The number of carbonyl (C=O) groups excluding carboxylic acids is 1. The highest BCUT2D eigenvalue weighted by Crippen LogP contribution is 2.23. The molecule has 0 saturated heterocycles. The SMILES string of the molecule is CCNC(=O)COc1ccccc1O. The van der Waals surface area contributed by atoms with Gasteiger partial charge in [-0.05, 0) is 19.1 Å². The highest BCUT2D eigenvalue weighted by Gasteiger charge is 2.03. The predicted octanol–water partition coefficient (Wildman–Crippen LogP) is 0.907. The van der Waals surface area contributed by atoms with Crippen molar-refractivity contribution in [3.63, 3.8) is 0 Å². The Morgan fingerprint density at radius 3 is 2.86 bits per heavy atom. The van der Waals surface area contributed by atoms with Gasteiger partial charge in [0.15, 0.2) is 18.1 Å². The van der Waals surface area contributed by atoms with Crippen molar-refractivity contribution in [3.05, 3.63) is 24.3 Å². The first kappa shape index (κ1) is 10.4. The molecule has 1 aromatic carbocycles. The summed E-state index contributed by atoms with van der Waals surface area (Å²) in [7, 11) is 0. The van der Waals surface area contributed by atoms with E-state index in [1.54, 1.807) is 18.2 Å². The van der Waals surface area contributed by atoms with E-state index in [9.17, 15) is 9.90 Å². The standard InChI is InChI=1S/C10H13NO3/c1-2-11-10(13)7-14-9-6-4-3-5-8(9)12/h3-6,12H,2,7H2,1H3,(H,11,13). The third kappa shape index (κ3) is 2.97. The van der Waals surface area contributed by atoms with E-state index in [0.29, 0.717) is 12.3 Å². The number of phenolic OH excluding ortho intramolecular Hbond substituents is 1. The molecule has 76 valence electrons. The number of benzene rings is 1. The van der Waals surface area contributed by atoms with Crippen molar-refractivity contribution < 1.29 is 14.6 Å². The van der Waals surface area contributed by atoms with Gasteiger partial charge in [0, 0.05) is 6.54 Å². The zero-order valence-corrected chi connectivity index (χ0v) is 7.99. The lowest BCUT2D eigenvalue weighted by atomic mass is 10.3. The molecule has 4 nitrogen and oxygen atoms in total. The van der Waals surface area contributed by atoms with Gasteiger partial charge in [-0.3, -0.25) is 4.79 Å². The van der Waals surface area contributed by atoms with Crippen LogP contribution in [0.5, 0.6) is 11.5 Å². The van der Waals surface area contributed by atoms with Crippen molar-refractivity contribution in [2.75, 3.05) is 13.2 Å². The van der Waals surface area contributed by atoms with Crippen LogP contribution in [0.3, 0.4) is 0 Å². The van der Waals surface area contributed by atoms with Crippen molar-refractivity contribution in [2.24, 2.45) is 0 Å². The number of hydrogen-bond acceptors (Lipinski definition) is 3. The van der Waals surface area contributed by atoms with Gasteiger partial charge in [-0.1, -0.05) is 12.1 Å². The predicted molar refractivity (Wildman–Crippen MR) is 52.3 cm³/mol. The Kier molecular flexibility index (Phi) is 3.79. The summed E-state index contributed by atoms with van der Waals surface area (Å²) in [5, 5.41) is 11.9. The van der Waals surface area contributed by atoms with Crippen molar-refractivity contribution in [1.82, 2.24) is 5.32 Å². The van der Waals surface area contributed by atoms with Crippen LogP contribution in [-0.2, 0) is 4.79 Å². The van der Waals surface area contributed by atoms with Crippen LogP contribution in [0, 0.1) is 0 Å². The molecule has 0 aromatic heterocycles. The fourth-order valence-electron chi connectivity index (χ4n) is 0.971. The maximum atomic E-state index is 11.0. The van der Waals surface area contributed by atoms with Crippen LogP contribution in [0.25, 0.3) is 0 Å². The van der Waals surface area contributed by atoms with Gasteiger partial charge in [0.25, 0.3) is 5.91 Å². The first-order valence-electron chi connectivity index (χ1n) is 4.41. The van der Waals surface area contributed by atoms with Crippen molar-refractivity contribution in [2.45, 2.75) is 6.92 Å². The number of phenols is 1. The van der Waals surface area contributed by atoms with E-state index in [1.807, 2.05) is 6.92 Å². The van der Waals surface area contributed by atoms with Crippen LogP contribution in [-0.4, -0.2) is 24.2 Å². The summed E-state index contributed by atoms with van der Waals surface area (Å²) in [5.74, 6) is 0.159. The highest BCUT2D eigenvalue weighted by molar-refractivity contribution is 5.77. The van der Waals surface area contributed by atoms with Gasteiger partial charge < -0.3 is 15.2 Å². The molecule has 0 spiro atoms. The summed E-state index contributed by atoms with van der Waals surface area (Å²) in [5.41, 5.74) is 0. The highest BCUT2D eigenvalue weighted by atomic mass is 16.5. The average molecular weight is 195 g/mol. The van der Waals surface area contributed by atoms with Gasteiger partial charge >= 0.3 is 0 Å². The fourth-order valence-corrected chi connectivity index (χ4v) is 0.971. The topological polar surface area (TPSA) is 58.6 Å². The molecule has 0 heterocycles. The fraction of sp³-hybridized carbons (Fsp3) is 0.300. The number of hydrogen-bond donors (Lipinski definition) is 2. The summed E-state index contributed by atoms with van der Waals surface area (Å²) >= 11 is 0. The first-order chi connectivity index (χ1) is 6.74. The second-order valence-corrected chi connectivity index (χ2v) is 2.71. The van der Waals surface area contributed by atoms with E-state index in [-0.39, 0.29) is 18.3 Å². The molecule has 0 fully saturated rings. The van der Waals surface area contributed by atoms with Crippen LogP contribution < -0.4 is 10.1 Å². The van der Waals surface area contributed by atoms with Crippen molar-refractivity contribution in [1.29, 1.82) is 0 Å². The smallest absolute Gasteiger partial charge is 0.257 e. The molecule has 0 aliphatic carbocycles. The lowest BCUT2D eigenvalue weighted by molar-refractivity contribution is -0.122. The second kappa shape index (κ2) is 5.11. The summed E-state index contributed by atoms with van der Waals surface area (Å²) < 4.78 is 5.09. The molecular formula is C10H13NO3. The molecule has 0 unspecified atom stereocenters. The van der Waals surface area contributed by atoms with Gasteiger partial charge in [0.1, 0.15) is 0 Å². The lowest BCUT2D eigenvalue weighted by Gasteiger charge is -2.06. The van der Waals surface area contributed by atoms with E-state index >= 15 is 0 Å². The summed E-state index contributed by atoms with van der Waals surface area (Å²) in [4.78, 5) is 11.0. The lowest BCUT2D eigenvalue weighted by Crippen LogP contribution is -2.28. The number of likely N-dealkylation sites (N-methyl/N-ethyl adjacent to an activating group) is 1. The average Bonchev–Trinajstić information content (AvgIpc) is 2.17. The molecule has 0 aliphatic rings. The number of amides is 1. The number of para-hydroxylation sites is 2. The van der Waals surface area contributed by atoms with Gasteiger partial charge in [0.05, 0.1) is 0 Å². The van der Waals surface area contributed by atoms with Gasteiger partial charge in [-0.25, -0.2) is 0 Å². The molecule has 0 atom stereocenters. The second-order valence-electron chi connectivity index (χ2n) is 2.71. The Morgan fingerprint density at radius 2 is 2.21 bits per heavy atom. The molecule has 0 bridgehead atoms. The van der Waals surface area contributed by atoms with Crippen LogP contribution in [0.2, 0.25) is 0 Å². The Bertz CT molecular complexity index is 312. The van der Waals surface area contributed by atoms with Crippen LogP contribution in [0.4, 0.5) is 0 Å². The normalized spacial score (nSPS) is 9.50. The molecule has 0 saturated carbocycles. The minimum Gasteiger partial charge on any atom is -0.504 e. The maximum Gasteiger partial charge on any atom is 0.257 e. The molecule has 1 amide bonds. The monoisotopic (exact) mass is 195 g/mol. The zero-order valence-electron chi connectivity index (χ0n) is 7.99. The van der Waals surface area contributed by atoms with Gasteiger partial charge in [0.2, 0.25) is 0 Å². The van der Waals surface area contributed by atoms with Gasteiger partial charge in [-0.15, -0.1) is 0 Å². The third-order valence-electron chi connectivity index (χ3n) is 1.60. The summed E-state index contributed by atoms with van der Waals surface area (Å²) in [6.07, 6.45) is 0. The molecule has 0 radical (unpaired) electrons. The van der Waals surface area contributed by atoms with Crippen molar-refractivity contribution in [3.8, 4) is 11.5 Å². The van der Waals surface area contributed by atoms with E-state index < -0.39 is 0 Å². The molecule has 1 rings (SSSR count). The zero-order chi connectivity index (χ0) is 10.4.